The Morgan fingerprint density at radius 2 is 1.62 bits per heavy atom. The first kappa shape index (κ1) is 19.8. The number of aryl methyl sites for hydroxylation is 3. The zero-order valence-electron chi connectivity index (χ0n) is 15.3. The number of rotatable bonds is 6. The maximum absolute atomic E-state index is 12.5. The summed E-state index contributed by atoms with van der Waals surface area (Å²) in [6.07, 6.45) is 0. The molecule has 1 amide bonds. The fourth-order valence-electron chi connectivity index (χ4n) is 2.75. The summed E-state index contributed by atoms with van der Waals surface area (Å²) in [6.45, 7) is 7.50. The molecule has 138 valence electrons. The molecule has 0 aliphatic heterocycles. The van der Waals surface area contributed by atoms with Crippen LogP contribution >= 0.6 is 0 Å². The molecule has 2 aromatic rings. The van der Waals surface area contributed by atoms with Crippen LogP contribution in [0.4, 0.5) is 5.69 Å². The molecule has 5 nitrogen and oxygen atoms in total. The molecule has 6 heteroatoms. The Bertz CT molecular complexity index is 836. The minimum atomic E-state index is -1.41. The van der Waals surface area contributed by atoms with Gasteiger partial charge in [0.1, 0.15) is 5.25 Å². The van der Waals surface area contributed by atoms with E-state index in [4.69, 9.17) is 5.11 Å². The normalized spacial score (nSPS) is 13.1. The van der Waals surface area contributed by atoms with Gasteiger partial charge in [0.05, 0.1) is 5.56 Å². The monoisotopic (exact) mass is 373 g/mol. The van der Waals surface area contributed by atoms with Crippen LogP contribution < -0.4 is 5.32 Å². The molecule has 0 saturated heterocycles. The lowest BCUT2D eigenvalue weighted by Crippen LogP contribution is -2.30. The van der Waals surface area contributed by atoms with Crippen molar-refractivity contribution in [3.8, 4) is 0 Å². The summed E-state index contributed by atoms with van der Waals surface area (Å²) in [7, 11) is -1.41. The van der Waals surface area contributed by atoms with Crippen LogP contribution in [0.25, 0.3) is 0 Å². The molecule has 0 saturated carbocycles. The predicted molar refractivity (Wildman–Crippen MR) is 104 cm³/mol. The molecule has 2 aromatic carbocycles. The molecule has 2 atom stereocenters. The molecule has 0 aliphatic rings. The van der Waals surface area contributed by atoms with Crippen molar-refractivity contribution >= 4 is 28.4 Å². The Kier molecular flexibility index (Phi) is 6.32. The molecule has 2 rings (SSSR count). The van der Waals surface area contributed by atoms with Crippen LogP contribution in [0.1, 0.15) is 39.5 Å². The Morgan fingerprint density at radius 1 is 1.08 bits per heavy atom. The fraction of sp³-hybridized carbons (Fsp3) is 0.300. The van der Waals surface area contributed by atoms with Crippen LogP contribution in [0.15, 0.2) is 36.4 Å². The van der Waals surface area contributed by atoms with Gasteiger partial charge in [-0.25, -0.2) is 4.79 Å². The van der Waals surface area contributed by atoms with Crippen molar-refractivity contribution in [2.24, 2.45) is 0 Å². The van der Waals surface area contributed by atoms with Crippen molar-refractivity contribution in [3.63, 3.8) is 0 Å². The van der Waals surface area contributed by atoms with E-state index in [2.05, 4.69) is 5.32 Å². The van der Waals surface area contributed by atoms with Crippen LogP contribution in [-0.4, -0.2) is 26.4 Å². The summed E-state index contributed by atoms with van der Waals surface area (Å²) in [5.74, 6) is -1.10. The van der Waals surface area contributed by atoms with E-state index in [1.807, 2.05) is 32.9 Å². The van der Waals surface area contributed by atoms with Crippen LogP contribution in [0.3, 0.4) is 0 Å². The summed E-state index contributed by atoms with van der Waals surface area (Å²) in [6, 6.07) is 10.2. The number of carboxylic acids is 1. The summed E-state index contributed by atoms with van der Waals surface area (Å²) in [5.41, 5.74) is 4.73. The van der Waals surface area contributed by atoms with Crippen LogP contribution in [0, 0.1) is 20.8 Å². The van der Waals surface area contributed by atoms with E-state index in [0.29, 0.717) is 0 Å². The van der Waals surface area contributed by atoms with Crippen molar-refractivity contribution < 1.29 is 18.9 Å². The second-order valence-electron chi connectivity index (χ2n) is 6.43. The maximum atomic E-state index is 12.5. The third-order valence-corrected chi connectivity index (χ3v) is 5.82. The molecule has 26 heavy (non-hydrogen) atoms. The minimum absolute atomic E-state index is 0.177. The lowest BCUT2D eigenvalue weighted by Gasteiger charge is -2.16. The van der Waals surface area contributed by atoms with Crippen LogP contribution in [0.5, 0.6) is 0 Å². The Morgan fingerprint density at radius 3 is 2.12 bits per heavy atom. The summed E-state index contributed by atoms with van der Waals surface area (Å²) in [4.78, 5) is 23.4. The van der Waals surface area contributed by atoms with Crippen LogP contribution in [-0.2, 0) is 21.3 Å². The number of anilines is 1. The number of nitrogens with one attached hydrogen (secondary N) is 1. The number of carboxylic acid groups (broad SMARTS) is 1. The number of amides is 1. The van der Waals surface area contributed by atoms with E-state index < -0.39 is 22.0 Å². The molecule has 0 bridgehead atoms. The van der Waals surface area contributed by atoms with Crippen molar-refractivity contribution in [1.82, 2.24) is 0 Å². The molecular weight excluding hydrogens is 350 g/mol. The molecule has 2 N–H and O–H groups in total. The number of benzene rings is 2. The minimum Gasteiger partial charge on any atom is -0.478 e. The first-order chi connectivity index (χ1) is 12.2. The summed E-state index contributed by atoms with van der Waals surface area (Å²) >= 11 is 0. The number of carbonyl (C=O) groups is 2. The van der Waals surface area contributed by atoms with E-state index in [0.717, 1.165) is 27.9 Å². The number of carbonyl (C=O) groups excluding carboxylic acids is 1. The molecule has 0 spiro atoms. The second kappa shape index (κ2) is 8.27. The average molecular weight is 373 g/mol. The first-order valence-corrected chi connectivity index (χ1v) is 9.65. The highest BCUT2D eigenvalue weighted by molar-refractivity contribution is 7.85. The zero-order chi connectivity index (χ0) is 19.4. The van der Waals surface area contributed by atoms with Gasteiger partial charge in [0.2, 0.25) is 5.91 Å². The van der Waals surface area contributed by atoms with Gasteiger partial charge < -0.3 is 10.4 Å². The third-order valence-electron chi connectivity index (χ3n) is 4.20. The van der Waals surface area contributed by atoms with Gasteiger partial charge in [0.25, 0.3) is 0 Å². The molecule has 0 fully saturated rings. The Hall–Kier alpha value is -2.47. The SMILES string of the molecule is Cc1cc(C)c(NC(=O)C(C)S(=O)Cc2ccc(C(=O)O)cc2)c(C)c1. The molecule has 0 aromatic heterocycles. The van der Waals surface area contributed by atoms with Gasteiger partial charge in [-0.2, -0.15) is 0 Å². The lowest BCUT2D eigenvalue weighted by molar-refractivity contribution is -0.115. The van der Waals surface area contributed by atoms with E-state index in [1.165, 1.54) is 12.1 Å². The van der Waals surface area contributed by atoms with E-state index in [-0.39, 0.29) is 17.2 Å². The summed E-state index contributed by atoms with van der Waals surface area (Å²) in [5, 5.41) is 11.1. The molecule has 0 heterocycles. The van der Waals surface area contributed by atoms with E-state index in [1.54, 1.807) is 19.1 Å². The number of aromatic carboxylic acids is 1. The van der Waals surface area contributed by atoms with Crippen molar-refractivity contribution in [2.45, 2.75) is 38.7 Å². The van der Waals surface area contributed by atoms with Gasteiger partial charge in [0, 0.05) is 22.2 Å². The van der Waals surface area contributed by atoms with E-state index >= 15 is 0 Å². The topological polar surface area (TPSA) is 83.5 Å². The maximum Gasteiger partial charge on any atom is 0.335 e. The molecule has 0 radical (unpaired) electrons. The van der Waals surface area contributed by atoms with Gasteiger partial charge in [-0.1, -0.05) is 29.8 Å². The van der Waals surface area contributed by atoms with Gasteiger partial charge in [-0.15, -0.1) is 0 Å². The van der Waals surface area contributed by atoms with Gasteiger partial charge >= 0.3 is 5.97 Å². The average Bonchev–Trinajstić information content (AvgIpc) is 2.57. The molecular formula is C20H23NO4S. The largest absolute Gasteiger partial charge is 0.478 e. The standard InChI is InChI=1S/C20H23NO4S/c1-12-9-13(2)18(14(3)10-12)21-19(22)15(4)26(25)11-16-5-7-17(8-6-16)20(23)24/h5-10,15H,11H2,1-4H3,(H,21,22)(H,23,24). The van der Waals surface area contributed by atoms with E-state index in [9.17, 15) is 13.8 Å². The van der Waals surface area contributed by atoms with Gasteiger partial charge in [0.15, 0.2) is 0 Å². The fourth-order valence-corrected chi connectivity index (χ4v) is 3.82. The van der Waals surface area contributed by atoms with Crippen molar-refractivity contribution in [2.75, 3.05) is 5.32 Å². The predicted octanol–water partition coefficient (Wildman–Crippen LogP) is 3.59. The lowest BCUT2D eigenvalue weighted by atomic mass is 10.1. The quantitative estimate of drug-likeness (QED) is 0.811. The first-order valence-electron chi connectivity index (χ1n) is 8.27. The zero-order valence-corrected chi connectivity index (χ0v) is 16.1. The number of hydrogen-bond acceptors (Lipinski definition) is 3. The highest BCUT2D eigenvalue weighted by Crippen LogP contribution is 2.22. The smallest absolute Gasteiger partial charge is 0.335 e. The highest BCUT2D eigenvalue weighted by Gasteiger charge is 2.21. The Balaban J connectivity index is 2.05. The van der Waals surface area contributed by atoms with Gasteiger partial charge in [-0.3, -0.25) is 9.00 Å². The van der Waals surface area contributed by atoms with Crippen LogP contribution in [0.2, 0.25) is 0 Å². The third kappa shape index (κ3) is 4.79. The molecule has 2 unspecified atom stereocenters. The number of hydrogen-bond donors (Lipinski definition) is 2. The Labute approximate surface area is 155 Å². The van der Waals surface area contributed by atoms with Crippen molar-refractivity contribution in [3.05, 3.63) is 64.2 Å². The highest BCUT2D eigenvalue weighted by atomic mass is 32.2. The van der Waals surface area contributed by atoms with Gasteiger partial charge in [-0.05, 0) is 56.5 Å². The van der Waals surface area contributed by atoms with Crippen molar-refractivity contribution in [1.29, 1.82) is 0 Å². The second-order valence-corrected chi connectivity index (χ2v) is 8.19. The summed E-state index contributed by atoms with van der Waals surface area (Å²) < 4.78 is 12.5. The molecule has 0 aliphatic carbocycles.